The Hall–Kier alpha value is -0.780. The monoisotopic (exact) mass is 484 g/mol. The second-order valence-corrected chi connectivity index (χ2v) is 10.0. The first-order valence-corrected chi connectivity index (χ1v) is 12.2. The number of ether oxygens (including phenoxy) is 1. The highest BCUT2D eigenvalue weighted by molar-refractivity contribution is 9.10. The van der Waals surface area contributed by atoms with Crippen LogP contribution in [0.25, 0.3) is 0 Å². The minimum Gasteiger partial charge on any atom is -0.453 e. The molecule has 1 N–H and O–H groups in total. The van der Waals surface area contributed by atoms with Crippen molar-refractivity contribution in [3.63, 3.8) is 0 Å². The number of hydrogen-bond donors (Lipinski definition) is 1. The van der Waals surface area contributed by atoms with Crippen LogP contribution >= 0.6 is 27.5 Å². The maximum atomic E-state index is 11.3. The van der Waals surface area contributed by atoms with E-state index in [-0.39, 0.29) is 6.09 Å². The SMILES string of the molecule is COC(=O)N[C@H]1CC[C@H](CCCN2CCC(Cc3cc(Cl)ccc3Br)CC2)CC1. The molecule has 1 amide bonds. The molecule has 162 valence electrons. The fourth-order valence-corrected chi connectivity index (χ4v) is 5.45. The van der Waals surface area contributed by atoms with Crippen LogP contribution in [0, 0.1) is 11.8 Å². The Morgan fingerprint density at radius 2 is 1.90 bits per heavy atom. The molecule has 0 aromatic heterocycles. The van der Waals surface area contributed by atoms with Crippen LogP contribution in [0.5, 0.6) is 0 Å². The molecule has 0 radical (unpaired) electrons. The molecule has 2 fully saturated rings. The standard InChI is InChI=1S/C23H34BrClN2O2/c1-29-23(28)26-21-7-4-17(5-8-21)3-2-12-27-13-10-18(11-14-27)15-19-16-20(25)6-9-22(19)24/h6,9,16-18,21H,2-5,7-8,10-15H2,1H3,(H,26,28)/t17-,21-. The van der Waals surface area contributed by atoms with E-state index in [2.05, 4.69) is 38.3 Å². The predicted octanol–water partition coefficient (Wildman–Crippen LogP) is 6.05. The number of carbonyl (C=O) groups is 1. The summed E-state index contributed by atoms with van der Waals surface area (Å²) in [5, 5.41) is 3.77. The highest BCUT2D eigenvalue weighted by atomic mass is 79.9. The van der Waals surface area contributed by atoms with E-state index >= 15 is 0 Å². The Morgan fingerprint density at radius 3 is 2.59 bits per heavy atom. The molecule has 1 heterocycles. The molecule has 29 heavy (non-hydrogen) atoms. The van der Waals surface area contributed by atoms with Gasteiger partial charge in [0.15, 0.2) is 0 Å². The minimum atomic E-state index is -0.292. The lowest BCUT2D eigenvalue weighted by Gasteiger charge is -2.33. The third-order valence-electron chi connectivity index (χ3n) is 6.66. The van der Waals surface area contributed by atoms with E-state index in [1.807, 2.05) is 6.07 Å². The van der Waals surface area contributed by atoms with Crippen LogP contribution in [0.1, 0.15) is 56.9 Å². The van der Waals surface area contributed by atoms with Gasteiger partial charge in [-0.05, 0) is 113 Å². The van der Waals surface area contributed by atoms with Gasteiger partial charge in [0, 0.05) is 15.5 Å². The van der Waals surface area contributed by atoms with Crippen LogP contribution in [0.15, 0.2) is 22.7 Å². The second kappa shape index (κ2) is 11.6. The number of methoxy groups -OCH3 is 1. The van der Waals surface area contributed by atoms with Gasteiger partial charge in [-0.25, -0.2) is 4.79 Å². The van der Waals surface area contributed by atoms with Crippen molar-refractivity contribution in [2.45, 2.75) is 63.8 Å². The van der Waals surface area contributed by atoms with Gasteiger partial charge in [0.2, 0.25) is 0 Å². The average Bonchev–Trinajstić information content (AvgIpc) is 2.73. The molecule has 0 atom stereocenters. The smallest absolute Gasteiger partial charge is 0.407 e. The van der Waals surface area contributed by atoms with Crippen molar-refractivity contribution in [2.75, 3.05) is 26.7 Å². The van der Waals surface area contributed by atoms with Crippen LogP contribution in [-0.2, 0) is 11.2 Å². The highest BCUT2D eigenvalue weighted by Crippen LogP contribution is 2.30. The van der Waals surface area contributed by atoms with Crippen LogP contribution in [0.3, 0.4) is 0 Å². The van der Waals surface area contributed by atoms with Gasteiger partial charge in [-0.15, -0.1) is 0 Å². The maximum absolute atomic E-state index is 11.3. The zero-order chi connectivity index (χ0) is 20.6. The molecule has 6 heteroatoms. The van der Waals surface area contributed by atoms with Crippen molar-refractivity contribution in [3.8, 4) is 0 Å². The van der Waals surface area contributed by atoms with Gasteiger partial charge in [0.05, 0.1) is 7.11 Å². The zero-order valence-electron chi connectivity index (χ0n) is 17.5. The number of amides is 1. The van der Waals surface area contributed by atoms with Crippen molar-refractivity contribution in [1.82, 2.24) is 10.2 Å². The molecule has 0 spiro atoms. The van der Waals surface area contributed by atoms with Gasteiger partial charge in [-0.1, -0.05) is 27.5 Å². The van der Waals surface area contributed by atoms with E-state index < -0.39 is 0 Å². The molecule has 0 unspecified atom stereocenters. The summed E-state index contributed by atoms with van der Waals surface area (Å²) in [6.07, 6.45) is 10.6. The molecule has 0 bridgehead atoms. The fourth-order valence-electron chi connectivity index (χ4n) is 4.85. The van der Waals surface area contributed by atoms with Crippen LogP contribution in [0.2, 0.25) is 5.02 Å². The van der Waals surface area contributed by atoms with Gasteiger partial charge < -0.3 is 15.0 Å². The second-order valence-electron chi connectivity index (χ2n) is 8.72. The number of piperidine rings is 1. The summed E-state index contributed by atoms with van der Waals surface area (Å²) < 4.78 is 5.88. The van der Waals surface area contributed by atoms with E-state index in [9.17, 15) is 4.79 Å². The lowest BCUT2D eigenvalue weighted by atomic mass is 9.83. The van der Waals surface area contributed by atoms with Crippen LogP contribution in [-0.4, -0.2) is 43.8 Å². The third kappa shape index (κ3) is 7.45. The molecule has 1 aliphatic heterocycles. The summed E-state index contributed by atoms with van der Waals surface area (Å²) in [7, 11) is 1.43. The molecule has 4 nitrogen and oxygen atoms in total. The van der Waals surface area contributed by atoms with Gasteiger partial charge in [-0.3, -0.25) is 0 Å². The number of rotatable bonds is 7. The first-order chi connectivity index (χ1) is 14.0. The normalized spacial score (nSPS) is 23.7. The van der Waals surface area contributed by atoms with Gasteiger partial charge in [0.25, 0.3) is 0 Å². The number of likely N-dealkylation sites (tertiary alicyclic amines) is 1. The first-order valence-electron chi connectivity index (χ1n) is 11.0. The van der Waals surface area contributed by atoms with E-state index in [1.165, 1.54) is 75.3 Å². The summed E-state index contributed by atoms with van der Waals surface area (Å²) >= 11 is 9.83. The number of nitrogens with one attached hydrogen (secondary N) is 1. The molecule has 1 saturated heterocycles. The number of carbonyl (C=O) groups excluding carboxylic acids is 1. The maximum Gasteiger partial charge on any atom is 0.407 e. The third-order valence-corrected chi connectivity index (χ3v) is 7.67. The quantitative estimate of drug-likeness (QED) is 0.511. The van der Waals surface area contributed by atoms with Crippen LogP contribution in [0.4, 0.5) is 4.79 Å². The van der Waals surface area contributed by atoms with Gasteiger partial charge in [-0.2, -0.15) is 0 Å². The Bertz CT molecular complexity index is 656. The Labute approximate surface area is 188 Å². The lowest BCUT2D eigenvalue weighted by molar-refractivity contribution is 0.157. The topological polar surface area (TPSA) is 41.6 Å². The van der Waals surface area contributed by atoms with E-state index in [4.69, 9.17) is 16.3 Å². The molecular weight excluding hydrogens is 452 g/mol. The van der Waals surface area contributed by atoms with Gasteiger partial charge >= 0.3 is 6.09 Å². The van der Waals surface area contributed by atoms with Crippen molar-refractivity contribution in [1.29, 1.82) is 0 Å². The molecular formula is C23H34BrClN2O2. The van der Waals surface area contributed by atoms with E-state index in [0.29, 0.717) is 6.04 Å². The van der Waals surface area contributed by atoms with Crippen molar-refractivity contribution in [2.24, 2.45) is 11.8 Å². The number of nitrogens with zero attached hydrogens (tertiary/aromatic N) is 1. The van der Waals surface area contributed by atoms with Crippen LogP contribution < -0.4 is 5.32 Å². The largest absolute Gasteiger partial charge is 0.453 e. The molecule has 3 rings (SSSR count). The summed E-state index contributed by atoms with van der Waals surface area (Å²) in [4.78, 5) is 14.0. The summed E-state index contributed by atoms with van der Waals surface area (Å²) in [6.45, 7) is 3.67. The van der Waals surface area contributed by atoms with E-state index in [1.54, 1.807) is 0 Å². The predicted molar refractivity (Wildman–Crippen MR) is 123 cm³/mol. The molecule has 1 aromatic carbocycles. The lowest BCUT2D eigenvalue weighted by Crippen LogP contribution is -2.37. The summed E-state index contributed by atoms with van der Waals surface area (Å²) in [5.41, 5.74) is 1.34. The summed E-state index contributed by atoms with van der Waals surface area (Å²) in [6, 6.07) is 6.41. The Kier molecular flexibility index (Phi) is 9.13. The molecule has 2 aliphatic rings. The summed E-state index contributed by atoms with van der Waals surface area (Å²) in [5.74, 6) is 1.59. The molecule has 1 aliphatic carbocycles. The zero-order valence-corrected chi connectivity index (χ0v) is 19.8. The van der Waals surface area contributed by atoms with Crippen molar-refractivity contribution >= 4 is 33.6 Å². The van der Waals surface area contributed by atoms with Crippen molar-refractivity contribution in [3.05, 3.63) is 33.3 Å². The number of benzene rings is 1. The number of alkyl carbamates (subject to hydrolysis) is 1. The van der Waals surface area contributed by atoms with Gasteiger partial charge in [0.1, 0.15) is 0 Å². The average molecular weight is 486 g/mol. The van der Waals surface area contributed by atoms with E-state index in [0.717, 1.165) is 36.1 Å². The fraction of sp³-hybridized carbons (Fsp3) is 0.696. The van der Waals surface area contributed by atoms with Crippen molar-refractivity contribution < 1.29 is 9.53 Å². The first kappa shape index (κ1) is 22.9. The number of halogens is 2. The highest BCUT2D eigenvalue weighted by Gasteiger charge is 2.23. The Morgan fingerprint density at radius 1 is 1.17 bits per heavy atom. The number of hydrogen-bond acceptors (Lipinski definition) is 3. The molecule has 1 saturated carbocycles. The Balaban J connectivity index is 1.29. The molecule has 1 aromatic rings. The minimum absolute atomic E-state index is 0.292.